The highest BCUT2D eigenvalue weighted by molar-refractivity contribution is 14.1. The quantitative estimate of drug-likeness (QED) is 0.653. The highest BCUT2D eigenvalue weighted by Gasteiger charge is 2.37. The molecule has 2 aromatic rings. The Morgan fingerprint density at radius 1 is 1.22 bits per heavy atom. The Balaban J connectivity index is 2.55. The second-order valence-corrected chi connectivity index (χ2v) is 6.23. The maximum Gasteiger partial charge on any atom is 0.421 e. The predicted octanol–water partition coefficient (Wildman–Crippen LogP) is 4.66. The lowest BCUT2D eigenvalue weighted by atomic mass is 10.2. The number of nitrogens with zero attached hydrogens (tertiary/aromatic N) is 3. The number of benzene rings is 1. The standard InChI is InChI=1S/C15H15F3IN3O/c1-9(2)23-14-20-8-10(15(16,17)18)13(21-14)22(3)12-7-5-4-6-11(12)19/h4-9H,1-3H3. The van der Waals surface area contributed by atoms with E-state index in [-0.39, 0.29) is 17.9 Å². The summed E-state index contributed by atoms with van der Waals surface area (Å²) in [6.07, 6.45) is -4.03. The lowest BCUT2D eigenvalue weighted by Crippen LogP contribution is -2.20. The molecule has 1 heterocycles. The number of alkyl halides is 3. The number of hydrogen-bond acceptors (Lipinski definition) is 4. The van der Waals surface area contributed by atoms with E-state index in [1.165, 1.54) is 11.9 Å². The Labute approximate surface area is 145 Å². The lowest BCUT2D eigenvalue weighted by Gasteiger charge is -2.23. The number of anilines is 2. The van der Waals surface area contributed by atoms with E-state index < -0.39 is 11.7 Å². The van der Waals surface area contributed by atoms with Gasteiger partial charge < -0.3 is 9.64 Å². The molecule has 0 saturated heterocycles. The highest BCUT2D eigenvalue weighted by atomic mass is 127. The summed E-state index contributed by atoms with van der Waals surface area (Å²) in [7, 11) is 1.54. The van der Waals surface area contributed by atoms with Gasteiger partial charge in [0.1, 0.15) is 5.56 Å². The summed E-state index contributed by atoms with van der Waals surface area (Å²) in [6.45, 7) is 3.51. The van der Waals surface area contributed by atoms with Crippen LogP contribution in [0.2, 0.25) is 0 Å². The van der Waals surface area contributed by atoms with E-state index >= 15 is 0 Å². The third kappa shape index (κ3) is 4.24. The van der Waals surface area contributed by atoms with Crippen LogP contribution in [0.1, 0.15) is 19.4 Å². The lowest BCUT2D eigenvalue weighted by molar-refractivity contribution is -0.137. The molecule has 0 spiro atoms. The Bertz CT molecular complexity index is 692. The molecule has 23 heavy (non-hydrogen) atoms. The average molecular weight is 437 g/mol. The largest absolute Gasteiger partial charge is 0.461 e. The molecule has 1 aromatic heterocycles. The molecule has 8 heteroatoms. The van der Waals surface area contributed by atoms with E-state index in [2.05, 4.69) is 32.6 Å². The topological polar surface area (TPSA) is 38.2 Å². The zero-order valence-corrected chi connectivity index (χ0v) is 14.9. The number of aromatic nitrogens is 2. The van der Waals surface area contributed by atoms with Crippen LogP contribution in [-0.2, 0) is 6.18 Å². The summed E-state index contributed by atoms with van der Waals surface area (Å²) >= 11 is 2.07. The molecule has 0 radical (unpaired) electrons. The fraction of sp³-hybridized carbons (Fsp3) is 0.333. The minimum atomic E-state index is -4.56. The van der Waals surface area contributed by atoms with Crippen molar-refractivity contribution in [2.24, 2.45) is 0 Å². The van der Waals surface area contributed by atoms with E-state index in [9.17, 15) is 13.2 Å². The first kappa shape index (κ1) is 17.8. The molecule has 0 unspecified atom stereocenters. The predicted molar refractivity (Wildman–Crippen MR) is 90.0 cm³/mol. The molecule has 0 aliphatic carbocycles. The van der Waals surface area contributed by atoms with Crippen molar-refractivity contribution in [3.05, 3.63) is 39.6 Å². The van der Waals surface area contributed by atoms with Crippen LogP contribution in [0.25, 0.3) is 0 Å². The van der Waals surface area contributed by atoms with Gasteiger partial charge in [0, 0.05) is 16.8 Å². The first-order chi connectivity index (χ1) is 10.7. The van der Waals surface area contributed by atoms with Crippen molar-refractivity contribution in [3.63, 3.8) is 0 Å². The average Bonchev–Trinajstić information content (AvgIpc) is 2.45. The molecule has 0 amide bonds. The molecule has 0 bridgehead atoms. The Morgan fingerprint density at radius 3 is 2.43 bits per heavy atom. The first-order valence-corrected chi connectivity index (χ1v) is 7.87. The van der Waals surface area contributed by atoms with Crippen LogP contribution in [0, 0.1) is 3.57 Å². The van der Waals surface area contributed by atoms with Gasteiger partial charge >= 0.3 is 12.2 Å². The van der Waals surface area contributed by atoms with Crippen LogP contribution in [-0.4, -0.2) is 23.1 Å². The molecule has 0 fully saturated rings. The zero-order chi connectivity index (χ0) is 17.2. The minimum Gasteiger partial charge on any atom is -0.461 e. The van der Waals surface area contributed by atoms with Gasteiger partial charge in [-0.05, 0) is 48.6 Å². The van der Waals surface area contributed by atoms with E-state index in [1.807, 2.05) is 12.1 Å². The van der Waals surface area contributed by atoms with Crippen LogP contribution in [0.4, 0.5) is 24.7 Å². The van der Waals surface area contributed by atoms with Crippen LogP contribution in [0.3, 0.4) is 0 Å². The molecule has 0 N–H and O–H groups in total. The number of ether oxygens (including phenoxy) is 1. The van der Waals surface area contributed by atoms with Gasteiger partial charge in [0.15, 0.2) is 5.82 Å². The van der Waals surface area contributed by atoms with E-state index in [0.717, 1.165) is 9.77 Å². The molecular formula is C15H15F3IN3O. The summed E-state index contributed by atoms with van der Waals surface area (Å²) in [5, 5.41) is 0. The molecule has 1 aromatic carbocycles. The van der Waals surface area contributed by atoms with Crippen molar-refractivity contribution >= 4 is 34.1 Å². The van der Waals surface area contributed by atoms with E-state index in [4.69, 9.17) is 4.74 Å². The van der Waals surface area contributed by atoms with Crippen LogP contribution >= 0.6 is 22.6 Å². The van der Waals surface area contributed by atoms with Crippen LogP contribution < -0.4 is 9.64 Å². The molecule has 0 aliphatic rings. The summed E-state index contributed by atoms with van der Waals surface area (Å²) in [5.74, 6) is -0.243. The number of para-hydroxylation sites is 1. The van der Waals surface area contributed by atoms with Gasteiger partial charge in [-0.15, -0.1) is 0 Å². The van der Waals surface area contributed by atoms with Crippen molar-refractivity contribution in [1.82, 2.24) is 9.97 Å². The van der Waals surface area contributed by atoms with Crippen LogP contribution in [0.5, 0.6) is 6.01 Å². The molecule has 4 nitrogen and oxygen atoms in total. The Morgan fingerprint density at radius 2 is 1.87 bits per heavy atom. The zero-order valence-electron chi connectivity index (χ0n) is 12.7. The van der Waals surface area contributed by atoms with Gasteiger partial charge in [-0.1, -0.05) is 12.1 Å². The smallest absolute Gasteiger partial charge is 0.421 e. The molecule has 0 aliphatic heterocycles. The fourth-order valence-corrected chi connectivity index (χ4v) is 2.67. The van der Waals surface area contributed by atoms with Gasteiger partial charge in [0.2, 0.25) is 0 Å². The molecule has 0 saturated carbocycles. The van der Waals surface area contributed by atoms with Crippen molar-refractivity contribution in [1.29, 1.82) is 0 Å². The normalized spacial score (nSPS) is 11.7. The molecule has 0 atom stereocenters. The summed E-state index contributed by atoms with van der Waals surface area (Å²) in [4.78, 5) is 9.02. The van der Waals surface area contributed by atoms with Gasteiger partial charge in [0.05, 0.1) is 11.8 Å². The monoisotopic (exact) mass is 437 g/mol. The Hall–Kier alpha value is -1.58. The summed E-state index contributed by atoms with van der Waals surface area (Å²) in [6, 6.07) is 7.03. The number of hydrogen-bond donors (Lipinski definition) is 0. The summed E-state index contributed by atoms with van der Waals surface area (Å²) in [5.41, 5.74) is -0.288. The van der Waals surface area contributed by atoms with Crippen molar-refractivity contribution in [3.8, 4) is 6.01 Å². The summed E-state index contributed by atoms with van der Waals surface area (Å²) < 4.78 is 45.9. The van der Waals surface area contributed by atoms with Crippen molar-refractivity contribution in [2.75, 3.05) is 11.9 Å². The van der Waals surface area contributed by atoms with Crippen LogP contribution in [0.15, 0.2) is 30.5 Å². The second kappa shape index (κ2) is 6.90. The van der Waals surface area contributed by atoms with Gasteiger partial charge in [-0.2, -0.15) is 18.2 Å². The van der Waals surface area contributed by atoms with Crippen molar-refractivity contribution < 1.29 is 17.9 Å². The fourth-order valence-electron chi connectivity index (χ4n) is 1.92. The number of rotatable bonds is 4. The van der Waals surface area contributed by atoms with Gasteiger partial charge in [0.25, 0.3) is 0 Å². The van der Waals surface area contributed by atoms with E-state index in [1.54, 1.807) is 26.0 Å². The molecule has 2 rings (SSSR count). The van der Waals surface area contributed by atoms with Gasteiger partial charge in [-0.3, -0.25) is 0 Å². The Kier molecular flexibility index (Phi) is 5.33. The maximum absolute atomic E-state index is 13.3. The second-order valence-electron chi connectivity index (χ2n) is 5.06. The molecular weight excluding hydrogens is 422 g/mol. The minimum absolute atomic E-state index is 0.0826. The molecule has 124 valence electrons. The van der Waals surface area contributed by atoms with Gasteiger partial charge in [-0.25, -0.2) is 4.98 Å². The first-order valence-electron chi connectivity index (χ1n) is 6.79. The maximum atomic E-state index is 13.3. The highest BCUT2D eigenvalue weighted by Crippen LogP contribution is 2.38. The number of halogens is 4. The van der Waals surface area contributed by atoms with Crippen molar-refractivity contribution in [2.45, 2.75) is 26.1 Å². The third-order valence-corrected chi connectivity index (χ3v) is 3.84. The van der Waals surface area contributed by atoms with E-state index in [0.29, 0.717) is 5.69 Å². The third-order valence-electron chi connectivity index (χ3n) is 2.92. The SMILES string of the molecule is CC(C)Oc1ncc(C(F)(F)F)c(N(C)c2ccccc2I)n1.